The molecule has 0 aliphatic heterocycles. The molecule has 1 heterocycles. The maximum Gasteiger partial charge on any atom is 0.220 e. The third kappa shape index (κ3) is 2.05. The van der Waals surface area contributed by atoms with Crippen LogP contribution < -0.4 is 0 Å². The first kappa shape index (κ1) is 8.23. The molecule has 1 aliphatic rings. The van der Waals surface area contributed by atoms with Gasteiger partial charge in [0.25, 0.3) is 0 Å². The maximum absolute atomic E-state index is 5.29. The molecule has 0 saturated heterocycles. The normalized spacial score (nSPS) is 15.9. The summed E-state index contributed by atoms with van der Waals surface area (Å²) in [6.45, 7) is 1.81. The second-order valence-electron chi connectivity index (χ2n) is 3.15. The van der Waals surface area contributed by atoms with Gasteiger partial charge < -0.3 is 4.42 Å². The van der Waals surface area contributed by atoms with Crippen molar-refractivity contribution in [2.75, 3.05) is 0 Å². The van der Waals surface area contributed by atoms with E-state index in [1.54, 1.807) is 0 Å². The molecule has 13 heavy (non-hydrogen) atoms. The molecule has 0 saturated carbocycles. The van der Waals surface area contributed by atoms with Gasteiger partial charge in [-0.2, -0.15) is 0 Å². The highest BCUT2D eigenvalue weighted by Gasteiger charge is 2.05. The van der Waals surface area contributed by atoms with Crippen molar-refractivity contribution in [1.29, 1.82) is 0 Å². The van der Waals surface area contributed by atoms with E-state index in [2.05, 4.69) is 28.4 Å². The molecule has 3 heteroatoms. The number of nitrogens with zero attached hydrogens (tertiary/aromatic N) is 2. The standard InChI is InChI=1S/C10H12N2O/c1-8-11-12-10(13-8)7-9-5-3-2-4-6-9/h3,5-6H,2,4,7H2,1H3. The van der Waals surface area contributed by atoms with E-state index >= 15 is 0 Å². The van der Waals surface area contributed by atoms with Crippen molar-refractivity contribution >= 4 is 0 Å². The average Bonchev–Trinajstić information content (AvgIpc) is 2.53. The topological polar surface area (TPSA) is 38.9 Å². The summed E-state index contributed by atoms with van der Waals surface area (Å²) in [6.07, 6.45) is 9.56. The fourth-order valence-corrected chi connectivity index (χ4v) is 1.38. The predicted molar refractivity (Wildman–Crippen MR) is 49.2 cm³/mol. The predicted octanol–water partition coefficient (Wildman–Crippen LogP) is 2.20. The van der Waals surface area contributed by atoms with E-state index in [9.17, 15) is 0 Å². The van der Waals surface area contributed by atoms with Crippen LogP contribution in [0.5, 0.6) is 0 Å². The van der Waals surface area contributed by atoms with E-state index in [1.807, 2.05) is 6.92 Å². The summed E-state index contributed by atoms with van der Waals surface area (Å²) in [4.78, 5) is 0. The summed E-state index contributed by atoms with van der Waals surface area (Å²) in [6, 6.07) is 0. The summed E-state index contributed by atoms with van der Waals surface area (Å²) in [5, 5.41) is 7.73. The highest BCUT2D eigenvalue weighted by molar-refractivity contribution is 5.24. The molecule has 0 atom stereocenters. The summed E-state index contributed by atoms with van der Waals surface area (Å²) in [5.74, 6) is 1.34. The molecule has 1 aliphatic carbocycles. The van der Waals surface area contributed by atoms with Gasteiger partial charge in [0.15, 0.2) is 0 Å². The molecule has 0 N–H and O–H groups in total. The van der Waals surface area contributed by atoms with Gasteiger partial charge in [0.1, 0.15) is 0 Å². The Morgan fingerprint density at radius 2 is 2.31 bits per heavy atom. The Hall–Kier alpha value is -1.38. The van der Waals surface area contributed by atoms with Crippen LogP contribution in [0.1, 0.15) is 24.6 Å². The molecule has 68 valence electrons. The molecule has 2 rings (SSSR count). The zero-order valence-electron chi connectivity index (χ0n) is 7.66. The van der Waals surface area contributed by atoms with Crippen LogP contribution in [0.3, 0.4) is 0 Å². The molecule has 0 fully saturated rings. The Balaban J connectivity index is 2.05. The number of hydrogen-bond acceptors (Lipinski definition) is 3. The minimum absolute atomic E-state index is 0.635. The highest BCUT2D eigenvalue weighted by atomic mass is 16.4. The van der Waals surface area contributed by atoms with Crippen molar-refractivity contribution in [3.63, 3.8) is 0 Å². The number of aryl methyl sites for hydroxylation is 1. The number of allylic oxidation sites excluding steroid dienone is 4. The molecule has 0 unspecified atom stereocenters. The fraction of sp³-hybridized carbons (Fsp3) is 0.400. The van der Waals surface area contributed by atoms with Gasteiger partial charge in [0.05, 0.1) is 6.42 Å². The van der Waals surface area contributed by atoms with Gasteiger partial charge in [0, 0.05) is 6.92 Å². The Labute approximate surface area is 77.2 Å². The largest absolute Gasteiger partial charge is 0.425 e. The molecule has 1 aromatic rings. The molecular weight excluding hydrogens is 164 g/mol. The van der Waals surface area contributed by atoms with Crippen molar-refractivity contribution in [2.24, 2.45) is 0 Å². The van der Waals surface area contributed by atoms with Gasteiger partial charge in [-0.15, -0.1) is 10.2 Å². The number of hydrogen-bond donors (Lipinski definition) is 0. The molecule has 0 spiro atoms. The van der Waals surface area contributed by atoms with Gasteiger partial charge in [0.2, 0.25) is 11.8 Å². The molecule has 0 bridgehead atoms. The second-order valence-corrected chi connectivity index (χ2v) is 3.15. The number of rotatable bonds is 2. The summed E-state index contributed by atoms with van der Waals surface area (Å²) in [5.41, 5.74) is 1.27. The summed E-state index contributed by atoms with van der Waals surface area (Å²) < 4.78 is 5.29. The zero-order valence-corrected chi connectivity index (χ0v) is 7.66. The van der Waals surface area contributed by atoms with Gasteiger partial charge >= 0.3 is 0 Å². The van der Waals surface area contributed by atoms with Crippen LogP contribution in [-0.2, 0) is 6.42 Å². The lowest BCUT2D eigenvalue weighted by atomic mass is 10.0. The molecular formula is C10H12N2O. The summed E-state index contributed by atoms with van der Waals surface area (Å²) >= 11 is 0. The van der Waals surface area contributed by atoms with Crippen molar-refractivity contribution in [1.82, 2.24) is 10.2 Å². The Kier molecular flexibility index (Phi) is 2.25. The van der Waals surface area contributed by atoms with Crippen LogP contribution in [0.25, 0.3) is 0 Å². The third-order valence-corrected chi connectivity index (χ3v) is 2.00. The monoisotopic (exact) mass is 176 g/mol. The van der Waals surface area contributed by atoms with Crippen LogP contribution in [0.2, 0.25) is 0 Å². The van der Waals surface area contributed by atoms with Gasteiger partial charge in [-0.1, -0.05) is 18.2 Å². The van der Waals surface area contributed by atoms with Crippen molar-refractivity contribution in [3.8, 4) is 0 Å². The average molecular weight is 176 g/mol. The van der Waals surface area contributed by atoms with E-state index in [1.165, 1.54) is 5.57 Å². The smallest absolute Gasteiger partial charge is 0.220 e. The van der Waals surface area contributed by atoms with Crippen molar-refractivity contribution in [3.05, 3.63) is 35.6 Å². The van der Waals surface area contributed by atoms with Crippen LogP contribution in [0, 0.1) is 6.92 Å². The fourth-order valence-electron chi connectivity index (χ4n) is 1.38. The lowest BCUT2D eigenvalue weighted by Gasteiger charge is -2.02. The van der Waals surface area contributed by atoms with Crippen LogP contribution in [-0.4, -0.2) is 10.2 Å². The lowest BCUT2D eigenvalue weighted by Crippen LogP contribution is -1.91. The molecule has 1 aromatic heterocycles. The van der Waals surface area contributed by atoms with Gasteiger partial charge in [-0.05, 0) is 18.4 Å². The van der Waals surface area contributed by atoms with E-state index in [4.69, 9.17) is 4.42 Å². The zero-order chi connectivity index (χ0) is 9.10. The Morgan fingerprint density at radius 3 is 2.92 bits per heavy atom. The van der Waals surface area contributed by atoms with E-state index in [0.717, 1.165) is 19.3 Å². The van der Waals surface area contributed by atoms with Crippen molar-refractivity contribution in [2.45, 2.75) is 26.2 Å². The van der Waals surface area contributed by atoms with Gasteiger partial charge in [-0.3, -0.25) is 0 Å². The molecule has 0 amide bonds. The van der Waals surface area contributed by atoms with Crippen LogP contribution in [0.4, 0.5) is 0 Å². The molecule has 3 nitrogen and oxygen atoms in total. The lowest BCUT2D eigenvalue weighted by molar-refractivity contribution is 0.477. The minimum atomic E-state index is 0.635. The minimum Gasteiger partial charge on any atom is -0.425 e. The third-order valence-electron chi connectivity index (χ3n) is 2.00. The highest BCUT2D eigenvalue weighted by Crippen LogP contribution is 2.14. The van der Waals surface area contributed by atoms with Gasteiger partial charge in [-0.25, -0.2) is 0 Å². The first-order chi connectivity index (χ1) is 6.34. The first-order valence-corrected chi connectivity index (χ1v) is 4.49. The maximum atomic E-state index is 5.29. The first-order valence-electron chi connectivity index (χ1n) is 4.49. The Bertz CT molecular complexity index is 350. The second kappa shape index (κ2) is 3.56. The molecule has 0 aromatic carbocycles. The SMILES string of the molecule is Cc1nnc(CC2=CCCC=C2)o1. The van der Waals surface area contributed by atoms with Crippen LogP contribution >= 0.6 is 0 Å². The Morgan fingerprint density at radius 1 is 1.38 bits per heavy atom. The van der Waals surface area contributed by atoms with Crippen LogP contribution in [0.15, 0.2) is 28.2 Å². The van der Waals surface area contributed by atoms with E-state index in [-0.39, 0.29) is 0 Å². The van der Waals surface area contributed by atoms with Crippen molar-refractivity contribution < 1.29 is 4.42 Å². The quantitative estimate of drug-likeness (QED) is 0.693. The number of aromatic nitrogens is 2. The van der Waals surface area contributed by atoms with E-state index in [0.29, 0.717) is 11.8 Å². The van der Waals surface area contributed by atoms with E-state index < -0.39 is 0 Å². The molecule has 0 radical (unpaired) electrons. The summed E-state index contributed by atoms with van der Waals surface area (Å²) in [7, 11) is 0.